The first kappa shape index (κ1) is 10.4. The lowest BCUT2D eigenvalue weighted by atomic mass is 9.84. The van der Waals surface area contributed by atoms with E-state index in [1.807, 2.05) is 39.8 Å². The summed E-state index contributed by atoms with van der Waals surface area (Å²) in [5, 5.41) is 0. The average molecular weight is 158 g/mol. The fourth-order valence-electron chi connectivity index (χ4n) is 0.851. The van der Waals surface area contributed by atoms with Gasteiger partial charge < -0.3 is 10.6 Å². The number of nitrogens with zero attached hydrogens (tertiary/aromatic N) is 1. The van der Waals surface area contributed by atoms with Crippen molar-refractivity contribution in [1.29, 1.82) is 0 Å². The van der Waals surface area contributed by atoms with Crippen LogP contribution < -0.4 is 5.73 Å². The van der Waals surface area contributed by atoms with E-state index in [0.717, 1.165) is 0 Å². The smallest absolute Gasteiger partial charge is 0.224 e. The molecule has 0 spiro atoms. The van der Waals surface area contributed by atoms with Gasteiger partial charge in [-0.15, -0.1) is 0 Å². The van der Waals surface area contributed by atoms with Crippen LogP contribution in [-0.4, -0.2) is 30.9 Å². The van der Waals surface area contributed by atoms with Crippen LogP contribution in [0.4, 0.5) is 0 Å². The van der Waals surface area contributed by atoms with Crippen LogP contribution in [0.5, 0.6) is 0 Å². The maximum Gasteiger partial charge on any atom is 0.224 e. The van der Waals surface area contributed by atoms with E-state index in [1.54, 1.807) is 0 Å². The van der Waals surface area contributed by atoms with Gasteiger partial charge in [0.2, 0.25) is 5.91 Å². The zero-order chi connectivity index (χ0) is 9.23. The van der Waals surface area contributed by atoms with E-state index in [1.165, 1.54) is 0 Å². The van der Waals surface area contributed by atoms with Crippen molar-refractivity contribution in [2.75, 3.05) is 14.1 Å². The molecule has 0 bridgehead atoms. The zero-order valence-corrected chi connectivity index (χ0v) is 8.01. The van der Waals surface area contributed by atoms with Crippen LogP contribution in [0.3, 0.4) is 0 Å². The molecule has 1 unspecified atom stereocenters. The fourth-order valence-corrected chi connectivity index (χ4v) is 0.851. The minimum atomic E-state index is -0.455. The highest BCUT2D eigenvalue weighted by Crippen LogP contribution is 2.22. The van der Waals surface area contributed by atoms with Crippen molar-refractivity contribution in [3.63, 3.8) is 0 Å². The quantitative estimate of drug-likeness (QED) is 0.648. The van der Waals surface area contributed by atoms with Crippen LogP contribution in [-0.2, 0) is 4.79 Å². The van der Waals surface area contributed by atoms with Gasteiger partial charge in [0.1, 0.15) is 0 Å². The summed E-state index contributed by atoms with van der Waals surface area (Å²) in [5.41, 5.74) is 4.79. The number of hydrogen-bond acceptors (Lipinski definition) is 2. The van der Waals surface area contributed by atoms with Crippen molar-refractivity contribution >= 4 is 5.91 Å². The molecular weight excluding hydrogens is 140 g/mol. The topological polar surface area (TPSA) is 46.3 Å². The summed E-state index contributed by atoms with van der Waals surface area (Å²) in [6.07, 6.45) is 0. The molecule has 0 aliphatic heterocycles. The number of nitrogens with two attached hydrogens (primary N) is 1. The van der Waals surface area contributed by atoms with Crippen LogP contribution in [0.25, 0.3) is 0 Å². The molecule has 11 heavy (non-hydrogen) atoms. The van der Waals surface area contributed by atoms with E-state index in [4.69, 9.17) is 5.73 Å². The minimum Gasteiger partial charge on any atom is -0.369 e. The average Bonchev–Trinajstić information content (AvgIpc) is 1.85. The van der Waals surface area contributed by atoms with Crippen LogP contribution in [0.15, 0.2) is 0 Å². The summed E-state index contributed by atoms with van der Waals surface area (Å²) >= 11 is 0. The molecule has 1 amide bonds. The maximum atomic E-state index is 11.0. The van der Waals surface area contributed by atoms with Gasteiger partial charge in [0.15, 0.2) is 0 Å². The van der Waals surface area contributed by atoms with Crippen molar-refractivity contribution in [3.05, 3.63) is 0 Å². The Labute approximate surface area is 68.6 Å². The van der Waals surface area contributed by atoms with Crippen molar-refractivity contribution in [3.8, 4) is 0 Å². The molecule has 0 aromatic rings. The van der Waals surface area contributed by atoms with Gasteiger partial charge in [-0.1, -0.05) is 0 Å². The molecule has 0 heterocycles. The van der Waals surface area contributed by atoms with E-state index >= 15 is 0 Å². The number of rotatable bonds is 3. The first-order valence-electron chi connectivity index (χ1n) is 3.76. The molecule has 0 rings (SSSR count). The lowest BCUT2D eigenvalue weighted by Crippen LogP contribution is -2.47. The number of amides is 1. The molecule has 0 aromatic carbocycles. The Kier molecular flexibility index (Phi) is 3.05. The summed E-state index contributed by atoms with van der Waals surface area (Å²) in [4.78, 5) is 13.0. The van der Waals surface area contributed by atoms with Crippen molar-refractivity contribution < 1.29 is 4.79 Å². The standard InChI is InChI=1S/C8H18N2O/c1-6(10(4)5)8(2,3)7(9)11/h6H,1-5H3,(H2,9,11). The molecule has 2 N–H and O–H groups in total. The maximum absolute atomic E-state index is 11.0. The Morgan fingerprint density at radius 3 is 1.91 bits per heavy atom. The lowest BCUT2D eigenvalue weighted by molar-refractivity contribution is -0.128. The second-order valence-electron chi connectivity index (χ2n) is 3.73. The largest absolute Gasteiger partial charge is 0.369 e. The second-order valence-corrected chi connectivity index (χ2v) is 3.73. The van der Waals surface area contributed by atoms with Crippen LogP contribution in [0, 0.1) is 5.41 Å². The highest BCUT2D eigenvalue weighted by atomic mass is 16.1. The molecule has 0 aromatic heterocycles. The third-order valence-electron chi connectivity index (χ3n) is 2.45. The Bertz CT molecular complexity index is 152. The Morgan fingerprint density at radius 2 is 1.82 bits per heavy atom. The van der Waals surface area contributed by atoms with Gasteiger partial charge in [0.25, 0.3) is 0 Å². The number of hydrogen-bond donors (Lipinski definition) is 1. The van der Waals surface area contributed by atoms with Gasteiger partial charge in [0.05, 0.1) is 5.41 Å². The van der Waals surface area contributed by atoms with Gasteiger partial charge in [-0.3, -0.25) is 4.79 Å². The number of carbonyl (C=O) groups excluding carboxylic acids is 1. The van der Waals surface area contributed by atoms with E-state index < -0.39 is 5.41 Å². The molecule has 1 atom stereocenters. The predicted molar refractivity (Wildman–Crippen MR) is 46.1 cm³/mol. The molecule has 0 saturated carbocycles. The van der Waals surface area contributed by atoms with Crippen molar-refractivity contribution in [2.45, 2.75) is 26.8 Å². The Balaban J connectivity index is 4.42. The van der Waals surface area contributed by atoms with Gasteiger partial charge in [-0.05, 0) is 34.9 Å². The molecule has 66 valence electrons. The third kappa shape index (κ3) is 2.19. The summed E-state index contributed by atoms with van der Waals surface area (Å²) < 4.78 is 0. The third-order valence-corrected chi connectivity index (χ3v) is 2.45. The van der Waals surface area contributed by atoms with E-state index in [0.29, 0.717) is 0 Å². The van der Waals surface area contributed by atoms with Crippen molar-refractivity contribution in [2.24, 2.45) is 11.1 Å². The van der Waals surface area contributed by atoms with Gasteiger partial charge in [-0.25, -0.2) is 0 Å². The fraction of sp³-hybridized carbons (Fsp3) is 0.875. The highest BCUT2D eigenvalue weighted by molar-refractivity contribution is 5.80. The molecule has 0 aliphatic rings. The number of primary amides is 1. The monoisotopic (exact) mass is 158 g/mol. The van der Waals surface area contributed by atoms with Crippen molar-refractivity contribution in [1.82, 2.24) is 4.90 Å². The van der Waals surface area contributed by atoms with Crippen LogP contribution in [0.2, 0.25) is 0 Å². The SMILES string of the molecule is CC(N(C)C)C(C)(C)C(N)=O. The number of carbonyl (C=O) groups is 1. The molecule has 0 radical (unpaired) electrons. The van der Waals surface area contributed by atoms with E-state index in [-0.39, 0.29) is 11.9 Å². The zero-order valence-electron chi connectivity index (χ0n) is 8.01. The lowest BCUT2D eigenvalue weighted by Gasteiger charge is -2.33. The van der Waals surface area contributed by atoms with Crippen LogP contribution >= 0.6 is 0 Å². The Hall–Kier alpha value is -0.570. The van der Waals surface area contributed by atoms with E-state index in [9.17, 15) is 4.79 Å². The summed E-state index contributed by atoms with van der Waals surface area (Å²) in [5.74, 6) is -0.251. The summed E-state index contributed by atoms with van der Waals surface area (Å²) in [7, 11) is 3.88. The van der Waals surface area contributed by atoms with E-state index in [2.05, 4.69) is 0 Å². The summed E-state index contributed by atoms with van der Waals surface area (Å²) in [6.45, 7) is 5.71. The molecular formula is C8H18N2O. The normalized spacial score (nSPS) is 15.1. The van der Waals surface area contributed by atoms with Gasteiger partial charge in [0, 0.05) is 6.04 Å². The van der Waals surface area contributed by atoms with Gasteiger partial charge >= 0.3 is 0 Å². The second kappa shape index (κ2) is 3.22. The molecule has 3 heteroatoms. The predicted octanol–water partition coefficient (Wildman–Crippen LogP) is 0.448. The molecule has 0 saturated heterocycles. The highest BCUT2D eigenvalue weighted by Gasteiger charge is 2.32. The Morgan fingerprint density at radius 1 is 1.45 bits per heavy atom. The minimum absolute atomic E-state index is 0.167. The summed E-state index contributed by atoms with van der Waals surface area (Å²) in [6, 6.07) is 0.167. The first-order chi connectivity index (χ1) is 4.80. The van der Waals surface area contributed by atoms with Gasteiger partial charge in [-0.2, -0.15) is 0 Å². The molecule has 0 aliphatic carbocycles. The van der Waals surface area contributed by atoms with Crippen LogP contribution in [0.1, 0.15) is 20.8 Å². The first-order valence-corrected chi connectivity index (χ1v) is 3.76. The molecule has 3 nitrogen and oxygen atoms in total. The molecule has 0 fully saturated rings.